The van der Waals surface area contributed by atoms with Crippen LogP contribution in [-0.2, 0) is 17.8 Å². The number of nitrogens with zero attached hydrogens (tertiary/aromatic N) is 5. The van der Waals surface area contributed by atoms with Crippen LogP contribution >= 0.6 is 0 Å². The third-order valence-electron chi connectivity index (χ3n) is 4.32. The Labute approximate surface area is 139 Å². The molecule has 1 aliphatic rings. The molecule has 7 nitrogen and oxygen atoms in total. The highest BCUT2D eigenvalue weighted by molar-refractivity contribution is 5.93. The van der Waals surface area contributed by atoms with Crippen molar-refractivity contribution in [2.45, 2.75) is 32.4 Å². The number of benzene rings is 1. The standard InChI is InChI=1S/C17H18N6O/c1-12(23-11-3-9-18-23)17(24)19-14-7-5-13(6-8-14)16-21-20-15-4-2-10-22(15)16/h3,5-9,11-12H,2,4,10H2,1H3,(H,19,24). The Bertz CT molecular complexity index is 850. The van der Waals surface area contributed by atoms with Gasteiger partial charge in [-0.3, -0.25) is 9.48 Å². The van der Waals surface area contributed by atoms with E-state index in [-0.39, 0.29) is 11.9 Å². The molecule has 0 spiro atoms. The van der Waals surface area contributed by atoms with E-state index in [1.165, 1.54) is 0 Å². The van der Waals surface area contributed by atoms with Crippen molar-refractivity contribution in [3.05, 3.63) is 48.5 Å². The van der Waals surface area contributed by atoms with Crippen molar-refractivity contribution >= 4 is 11.6 Å². The van der Waals surface area contributed by atoms with Gasteiger partial charge in [0.2, 0.25) is 5.91 Å². The lowest BCUT2D eigenvalue weighted by Crippen LogP contribution is -2.23. The fourth-order valence-corrected chi connectivity index (χ4v) is 2.94. The first-order valence-electron chi connectivity index (χ1n) is 8.05. The number of amides is 1. The Morgan fingerprint density at radius 2 is 2.08 bits per heavy atom. The summed E-state index contributed by atoms with van der Waals surface area (Å²) in [4.78, 5) is 12.3. The van der Waals surface area contributed by atoms with E-state index in [9.17, 15) is 4.79 Å². The molecule has 0 saturated carbocycles. The molecule has 24 heavy (non-hydrogen) atoms. The van der Waals surface area contributed by atoms with Crippen molar-refractivity contribution in [1.29, 1.82) is 0 Å². The van der Waals surface area contributed by atoms with Gasteiger partial charge in [-0.2, -0.15) is 5.10 Å². The molecule has 7 heteroatoms. The van der Waals surface area contributed by atoms with E-state index in [0.717, 1.165) is 42.3 Å². The van der Waals surface area contributed by atoms with Crippen LogP contribution in [0.15, 0.2) is 42.7 Å². The maximum Gasteiger partial charge on any atom is 0.248 e. The number of hydrogen-bond donors (Lipinski definition) is 1. The average molecular weight is 322 g/mol. The zero-order valence-corrected chi connectivity index (χ0v) is 13.4. The van der Waals surface area contributed by atoms with Gasteiger partial charge in [0.05, 0.1) is 0 Å². The predicted octanol–water partition coefficient (Wildman–Crippen LogP) is 2.29. The fraction of sp³-hybridized carbons (Fsp3) is 0.294. The number of aryl methyl sites for hydroxylation is 1. The normalized spacial score (nSPS) is 14.4. The molecule has 0 radical (unpaired) electrons. The largest absolute Gasteiger partial charge is 0.324 e. The van der Waals surface area contributed by atoms with Crippen LogP contribution in [0.5, 0.6) is 0 Å². The second kappa shape index (κ2) is 5.92. The maximum absolute atomic E-state index is 12.3. The Morgan fingerprint density at radius 3 is 2.83 bits per heavy atom. The third kappa shape index (κ3) is 2.58. The predicted molar refractivity (Wildman–Crippen MR) is 89.3 cm³/mol. The van der Waals surface area contributed by atoms with Gasteiger partial charge >= 0.3 is 0 Å². The molecule has 2 aromatic heterocycles. The van der Waals surface area contributed by atoms with Gasteiger partial charge in [-0.15, -0.1) is 10.2 Å². The average Bonchev–Trinajstić information content (AvgIpc) is 3.32. The first-order chi connectivity index (χ1) is 11.7. The summed E-state index contributed by atoms with van der Waals surface area (Å²) < 4.78 is 3.79. The minimum atomic E-state index is -0.362. The van der Waals surface area contributed by atoms with Crippen molar-refractivity contribution in [2.24, 2.45) is 0 Å². The van der Waals surface area contributed by atoms with Gasteiger partial charge in [0.25, 0.3) is 0 Å². The van der Waals surface area contributed by atoms with E-state index in [1.54, 1.807) is 23.1 Å². The second-order valence-corrected chi connectivity index (χ2v) is 5.92. The first-order valence-corrected chi connectivity index (χ1v) is 8.05. The van der Waals surface area contributed by atoms with Crippen molar-refractivity contribution < 1.29 is 4.79 Å². The van der Waals surface area contributed by atoms with Gasteiger partial charge in [-0.05, 0) is 43.7 Å². The molecule has 1 N–H and O–H groups in total. The van der Waals surface area contributed by atoms with Crippen LogP contribution in [0, 0.1) is 0 Å². The summed E-state index contributed by atoms with van der Waals surface area (Å²) in [6, 6.07) is 9.14. The van der Waals surface area contributed by atoms with Crippen LogP contribution in [0.25, 0.3) is 11.4 Å². The number of aromatic nitrogens is 5. The van der Waals surface area contributed by atoms with Gasteiger partial charge in [0.1, 0.15) is 11.9 Å². The number of rotatable bonds is 4. The molecule has 4 rings (SSSR count). The molecule has 1 atom stereocenters. The van der Waals surface area contributed by atoms with Crippen LogP contribution in [-0.4, -0.2) is 30.5 Å². The molecule has 1 amide bonds. The minimum absolute atomic E-state index is 0.102. The van der Waals surface area contributed by atoms with Gasteiger partial charge in [0.15, 0.2) is 5.82 Å². The molecule has 0 bridgehead atoms. The Hall–Kier alpha value is -2.96. The molecule has 0 fully saturated rings. The summed E-state index contributed by atoms with van der Waals surface area (Å²) in [5, 5.41) is 15.5. The number of anilines is 1. The molecular weight excluding hydrogens is 304 g/mol. The zero-order chi connectivity index (χ0) is 16.5. The Kier molecular flexibility index (Phi) is 3.60. The van der Waals surface area contributed by atoms with Crippen molar-refractivity contribution in [3.8, 4) is 11.4 Å². The highest BCUT2D eigenvalue weighted by Crippen LogP contribution is 2.24. The topological polar surface area (TPSA) is 77.6 Å². The number of carbonyl (C=O) groups excluding carboxylic acids is 1. The van der Waals surface area contributed by atoms with Gasteiger partial charge < -0.3 is 9.88 Å². The summed E-state index contributed by atoms with van der Waals surface area (Å²) in [5.74, 6) is 1.84. The first kappa shape index (κ1) is 14.6. The van der Waals surface area contributed by atoms with Crippen molar-refractivity contribution in [1.82, 2.24) is 24.5 Å². The molecular formula is C17H18N6O. The van der Waals surface area contributed by atoms with Crippen LogP contribution < -0.4 is 5.32 Å². The van der Waals surface area contributed by atoms with Crippen LogP contribution in [0.2, 0.25) is 0 Å². The van der Waals surface area contributed by atoms with E-state index in [4.69, 9.17) is 0 Å². The smallest absolute Gasteiger partial charge is 0.248 e. The number of nitrogens with one attached hydrogen (secondary N) is 1. The molecule has 0 saturated heterocycles. The summed E-state index contributed by atoms with van der Waals surface area (Å²) in [5.41, 5.74) is 1.76. The Balaban J connectivity index is 1.49. The van der Waals surface area contributed by atoms with Crippen LogP contribution in [0.1, 0.15) is 25.2 Å². The lowest BCUT2D eigenvalue weighted by Gasteiger charge is -2.13. The zero-order valence-electron chi connectivity index (χ0n) is 13.4. The van der Waals surface area contributed by atoms with E-state index in [1.807, 2.05) is 31.2 Å². The Morgan fingerprint density at radius 1 is 1.25 bits per heavy atom. The van der Waals surface area contributed by atoms with Crippen LogP contribution in [0.4, 0.5) is 5.69 Å². The summed E-state index contributed by atoms with van der Waals surface area (Å²) in [7, 11) is 0. The number of fused-ring (bicyclic) bond motifs is 1. The summed E-state index contributed by atoms with van der Waals surface area (Å²) >= 11 is 0. The van der Waals surface area contributed by atoms with E-state index >= 15 is 0 Å². The fourth-order valence-electron chi connectivity index (χ4n) is 2.94. The third-order valence-corrected chi connectivity index (χ3v) is 4.32. The number of hydrogen-bond acceptors (Lipinski definition) is 4. The van der Waals surface area contributed by atoms with Gasteiger partial charge in [-0.25, -0.2) is 0 Å². The SMILES string of the molecule is CC(C(=O)Nc1ccc(-c2nnc3n2CCC3)cc1)n1cccn1. The highest BCUT2D eigenvalue weighted by atomic mass is 16.2. The van der Waals surface area contributed by atoms with E-state index < -0.39 is 0 Å². The second-order valence-electron chi connectivity index (χ2n) is 5.92. The van der Waals surface area contributed by atoms with Gasteiger partial charge in [0, 0.05) is 36.6 Å². The minimum Gasteiger partial charge on any atom is -0.324 e. The summed E-state index contributed by atoms with van der Waals surface area (Å²) in [6.07, 6.45) is 5.55. The highest BCUT2D eigenvalue weighted by Gasteiger charge is 2.19. The molecule has 1 unspecified atom stereocenters. The summed E-state index contributed by atoms with van der Waals surface area (Å²) in [6.45, 7) is 2.79. The van der Waals surface area contributed by atoms with Crippen molar-refractivity contribution in [2.75, 3.05) is 5.32 Å². The van der Waals surface area contributed by atoms with Crippen molar-refractivity contribution in [3.63, 3.8) is 0 Å². The molecule has 3 heterocycles. The monoisotopic (exact) mass is 322 g/mol. The van der Waals surface area contributed by atoms with E-state index in [0.29, 0.717) is 0 Å². The lowest BCUT2D eigenvalue weighted by atomic mass is 10.2. The number of carbonyl (C=O) groups is 1. The lowest BCUT2D eigenvalue weighted by molar-refractivity contribution is -0.119. The quantitative estimate of drug-likeness (QED) is 0.799. The maximum atomic E-state index is 12.3. The molecule has 3 aromatic rings. The van der Waals surface area contributed by atoms with Crippen LogP contribution in [0.3, 0.4) is 0 Å². The molecule has 1 aromatic carbocycles. The molecule has 0 aliphatic carbocycles. The molecule has 122 valence electrons. The van der Waals surface area contributed by atoms with E-state index in [2.05, 4.69) is 25.2 Å². The molecule has 1 aliphatic heterocycles. The van der Waals surface area contributed by atoms with Gasteiger partial charge in [-0.1, -0.05) is 0 Å².